The smallest absolute Gasteiger partial charge is 0.306 e. The molecule has 0 spiro atoms. The minimum absolute atomic E-state index is 0.0359. The molecule has 2 nitrogen and oxygen atoms in total. The molecule has 3 saturated carbocycles. The zero-order valence-corrected chi connectivity index (χ0v) is 10.6. The van der Waals surface area contributed by atoms with Crippen LogP contribution >= 0.6 is 0 Å². The Morgan fingerprint density at radius 3 is 2.29 bits per heavy atom. The van der Waals surface area contributed by atoms with E-state index < -0.39 is 5.97 Å². The molecule has 0 heterocycles. The van der Waals surface area contributed by atoms with E-state index in [0.717, 1.165) is 36.5 Å². The molecular weight excluding hydrogens is 212 g/mol. The molecule has 0 amide bonds. The fourth-order valence-corrected chi connectivity index (χ4v) is 4.74. The second-order valence-corrected chi connectivity index (χ2v) is 6.73. The molecule has 0 aromatic rings. The summed E-state index contributed by atoms with van der Waals surface area (Å²) in [6.45, 7) is 0. The summed E-state index contributed by atoms with van der Waals surface area (Å²) in [5.74, 6) is 3.34. The molecule has 3 atom stereocenters. The van der Waals surface area contributed by atoms with Gasteiger partial charge in [0, 0.05) is 0 Å². The Balaban J connectivity index is 1.46. The first kappa shape index (κ1) is 11.6. The van der Waals surface area contributed by atoms with Crippen molar-refractivity contribution >= 4 is 5.97 Å². The van der Waals surface area contributed by atoms with Crippen LogP contribution in [0.15, 0.2) is 0 Å². The van der Waals surface area contributed by atoms with Gasteiger partial charge in [0.1, 0.15) is 0 Å². The number of carboxylic acid groups (broad SMARTS) is 1. The van der Waals surface area contributed by atoms with Gasteiger partial charge >= 0.3 is 5.97 Å². The van der Waals surface area contributed by atoms with Crippen LogP contribution in [0, 0.1) is 29.6 Å². The van der Waals surface area contributed by atoms with Crippen LogP contribution in [0.4, 0.5) is 0 Å². The first-order valence-electron chi connectivity index (χ1n) is 7.45. The fourth-order valence-electron chi connectivity index (χ4n) is 4.74. The van der Waals surface area contributed by atoms with E-state index in [0.29, 0.717) is 0 Å². The van der Waals surface area contributed by atoms with Crippen molar-refractivity contribution < 1.29 is 9.90 Å². The van der Waals surface area contributed by atoms with Crippen LogP contribution in [-0.2, 0) is 4.79 Å². The van der Waals surface area contributed by atoms with E-state index in [1.54, 1.807) is 0 Å². The van der Waals surface area contributed by atoms with Gasteiger partial charge < -0.3 is 5.11 Å². The summed E-state index contributed by atoms with van der Waals surface area (Å²) in [5, 5.41) is 8.99. The lowest BCUT2D eigenvalue weighted by Crippen LogP contribution is -2.24. The second-order valence-electron chi connectivity index (χ2n) is 6.73. The monoisotopic (exact) mass is 236 g/mol. The summed E-state index contributed by atoms with van der Waals surface area (Å²) in [5.41, 5.74) is 0. The van der Waals surface area contributed by atoms with E-state index in [1.165, 1.54) is 44.9 Å². The van der Waals surface area contributed by atoms with Gasteiger partial charge in [-0.25, -0.2) is 0 Å². The van der Waals surface area contributed by atoms with E-state index in [4.69, 9.17) is 5.11 Å². The molecule has 3 rings (SSSR count). The van der Waals surface area contributed by atoms with Gasteiger partial charge in [0.05, 0.1) is 5.92 Å². The summed E-state index contributed by atoms with van der Waals surface area (Å²) in [7, 11) is 0. The number of rotatable bonds is 3. The molecule has 1 N–H and O–H groups in total. The third kappa shape index (κ3) is 2.36. The number of carbonyl (C=O) groups is 1. The molecule has 0 aliphatic heterocycles. The lowest BCUT2D eigenvalue weighted by molar-refractivity contribution is -0.143. The second kappa shape index (κ2) is 4.62. The Bertz CT molecular complexity index is 291. The molecule has 3 aliphatic carbocycles. The van der Waals surface area contributed by atoms with Crippen molar-refractivity contribution in [1.29, 1.82) is 0 Å². The average molecular weight is 236 g/mol. The lowest BCUT2D eigenvalue weighted by atomic mass is 9.75. The van der Waals surface area contributed by atoms with Crippen molar-refractivity contribution in [3.63, 3.8) is 0 Å². The molecule has 17 heavy (non-hydrogen) atoms. The highest BCUT2D eigenvalue weighted by atomic mass is 16.4. The Morgan fingerprint density at radius 2 is 1.76 bits per heavy atom. The SMILES string of the molecule is O=C(O)C1CCC(C[C@H]2C[C@H]3CC[C@@H]2C3)CC1. The molecule has 0 saturated heterocycles. The van der Waals surface area contributed by atoms with Crippen molar-refractivity contribution in [2.75, 3.05) is 0 Å². The van der Waals surface area contributed by atoms with Crippen molar-refractivity contribution in [3.05, 3.63) is 0 Å². The van der Waals surface area contributed by atoms with E-state index >= 15 is 0 Å². The average Bonchev–Trinajstić information content (AvgIpc) is 2.91. The van der Waals surface area contributed by atoms with Gasteiger partial charge in [0.25, 0.3) is 0 Å². The van der Waals surface area contributed by atoms with Crippen LogP contribution in [0.5, 0.6) is 0 Å². The molecule has 0 aromatic heterocycles. The van der Waals surface area contributed by atoms with Crippen LogP contribution in [0.25, 0.3) is 0 Å². The summed E-state index contributed by atoms with van der Waals surface area (Å²) in [6.07, 6.45) is 11.6. The molecule has 3 aliphatic rings. The minimum Gasteiger partial charge on any atom is -0.481 e. The zero-order chi connectivity index (χ0) is 11.8. The highest BCUT2D eigenvalue weighted by Crippen LogP contribution is 2.51. The van der Waals surface area contributed by atoms with Gasteiger partial charge in [-0.1, -0.05) is 6.42 Å². The van der Waals surface area contributed by atoms with Crippen molar-refractivity contribution in [1.82, 2.24) is 0 Å². The quantitative estimate of drug-likeness (QED) is 0.811. The summed E-state index contributed by atoms with van der Waals surface area (Å²) in [4.78, 5) is 10.9. The highest BCUT2D eigenvalue weighted by molar-refractivity contribution is 5.69. The Morgan fingerprint density at radius 1 is 1.00 bits per heavy atom. The molecule has 2 bridgehead atoms. The summed E-state index contributed by atoms with van der Waals surface area (Å²) in [6, 6.07) is 0. The first-order valence-corrected chi connectivity index (χ1v) is 7.45. The third-order valence-electron chi connectivity index (χ3n) is 5.72. The maximum absolute atomic E-state index is 10.9. The number of hydrogen-bond acceptors (Lipinski definition) is 1. The Hall–Kier alpha value is -0.530. The van der Waals surface area contributed by atoms with E-state index in [1.807, 2.05) is 0 Å². The van der Waals surface area contributed by atoms with Crippen molar-refractivity contribution in [2.24, 2.45) is 29.6 Å². The van der Waals surface area contributed by atoms with Gasteiger partial charge in [-0.15, -0.1) is 0 Å². The Labute approximate surface area is 104 Å². The fraction of sp³-hybridized carbons (Fsp3) is 0.933. The minimum atomic E-state index is -0.566. The largest absolute Gasteiger partial charge is 0.481 e. The molecular formula is C15H24O2. The first-order chi connectivity index (χ1) is 8.22. The van der Waals surface area contributed by atoms with Crippen molar-refractivity contribution in [2.45, 2.75) is 57.8 Å². The molecule has 96 valence electrons. The maximum Gasteiger partial charge on any atom is 0.306 e. The lowest BCUT2D eigenvalue weighted by Gasteiger charge is -2.31. The molecule has 0 radical (unpaired) electrons. The highest BCUT2D eigenvalue weighted by Gasteiger charge is 2.40. The van der Waals surface area contributed by atoms with E-state index in [9.17, 15) is 4.79 Å². The van der Waals surface area contributed by atoms with Crippen LogP contribution in [-0.4, -0.2) is 11.1 Å². The van der Waals surface area contributed by atoms with E-state index in [-0.39, 0.29) is 5.92 Å². The maximum atomic E-state index is 10.9. The topological polar surface area (TPSA) is 37.3 Å². The summed E-state index contributed by atoms with van der Waals surface area (Å²) < 4.78 is 0. The number of fused-ring (bicyclic) bond motifs is 2. The van der Waals surface area contributed by atoms with Crippen LogP contribution in [0.3, 0.4) is 0 Å². The zero-order valence-electron chi connectivity index (χ0n) is 10.6. The van der Waals surface area contributed by atoms with Crippen LogP contribution in [0.2, 0.25) is 0 Å². The number of aliphatic carboxylic acids is 1. The predicted molar refractivity (Wildman–Crippen MR) is 66.6 cm³/mol. The van der Waals surface area contributed by atoms with Crippen LogP contribution in [0.1, 0.15) is 57.8 Å². The van der Waals surface area contributed by atoms with E-state index in [2.05, 4.69) is 0 Å². The molecule has 3 fully saturated rings. The molecule has 0 aromatic carbocycles. The van der Waals surface area contributed by atoms with Gasteiger partial charge in [-0.3, -0.25) is 4.79 Å². The van der Waals surface area contributed by atoms with Crippen molar-refractivity contribution in [3.8, 4) is 0 Å². The normalized spacial score (nSPS) is 45.1. The van der Waals surface area contributed by atoms with Gasteiger partial charge in [0.15, 0.2) is 0 Å². The molecule has 2 heteroatoms. The third-order valence-corrected chi connectivity index (χ3v) is 5.72. The van der Waals surface area contributed by atoms with Gasteiger partial charge in [-0.05, 0) is 75.0 Å². The standard InChI is InChI=1S/C15H24O2/c16-15(17)12-4-1-10(2-5-12)7-14-9-11-3-6-13(14)8-11/h10-14H,1-9H2,(H,16,17)/t10?,11-,12?,13+,14-/m0/s1. The number of carboxylic acids is 1. The van der Waals surface area contributed by atoms with Gasteiger partial charge in [0.2, 0.25) is 0 Å². The number of hydrogen-bond donors (Lipinski definition) is 1. The molecule has 0 unspecified atom stereocenters. The van der Waals surface area contributed by atoms with Crippen LogP contribution < -0.4 is 0 Å². The summed E-state index contributed by atoms with van der Waals surface area (Å²) >= 11 is 0. The predicted octanol–water partition coefficient (Wildman–Crippen LogP) is 3.70. The Kier molecular flexibility index (Phi) is 3.14. The van der Waals surface area contributed by atoms with Gasteiger partial charge in [-0.2, -0.15) is 0 Å².